The van der Waals surface area contributed by atoms with Gasteiger partial charge in [0, 0.05) is 30.3 Å². The summed E-state index contributed by atoms with van der Waals surface area (Å²) in [6.45, 7) is 0.0419. The lowest BCUT2D eigenvalue weighted by Crippen LogP contribution is -2.38. The lowest BCUT2D eigenvalue weighted by atomic mass is 10.2. The van der Waals surface area contributed by atoms with Crippen LogP contribution in [0.25, 0.3) is 5.52 Å². The topological polar surface area (TPSA) is 100 Å². The van der Waals surface area contributed by atoms with Crippen molar-refractivity contribution < 1.29 is 13.9 Å². The number of nitrogens with zero attached hydrogens (tertiary/aromatic N) is 5. The standard InChI is InChI=1S/C18H20FN7O2/c1-28-17(27)14-7-11(19)9-25(14)18-21-16(13-3-2-6-26(13)24-18)20-15-8-12(22-23-15)10-4-5-10/h2-3,6,8,10-11,14H,4-5,7,9H2,1H3,(H2,20,21,22,23,24)/t11-,14-/m0/s1. The number of fused-ring (bicyclic) bond motifs is 1. The number of nitrogens with one attached hydrogen (secondary N) is 2. The number of carbonyl (C=O) groups is 1. The Kier molecular flexibility index (Phi) is 3.92. The number of anilines is 3. The summed E-state index contributed by atoms with van der Waals surface area (Å²) in [4.78, 5) is 18.2. The Morgan fingerprint density at radius 2 is 2.29 bits per heavy atom. The summed E-state index contributed by atoms with van der Waals surface area (Å²) in [5.41, 5.74) is 1.86. The number of alkyl halides is 1. The maximum atomic E-state index is 14.1. The van der Waals surface area contributed by atoms with E-state index in [-0.39, 0.29) is 18.9 Å². The molecule has 28 heavy (non-hydrogen) atoms. The molecule has 146 valence electrons. The van der Waals surface area contributed by atoms with E-state index in [4.69, 9.17) is 4.74 Å². The van der Waals surface area contributed by atoms with Gasteiger partial charge >= 0.3 is 5.97 Å². The Hall–Kier alpha value is -3.17. The normalized spacial score (nSPS) is 22.0. The molecule has 0 aromatic carbocycles. The van der Waals surface area contributed by atoms with Gasteiger partial charge in [-0.15, -0.1) is 5.10 Å². The minimum absolute atomic E-state index is 0.0419. The molecule has 0 unspecified atom stereocenters. The van der Waals surface area contributed by atoms with Crippen LogP contribution >= 0.6 is 0 Å². The largest absolute Gasteiger partial charge is 0.467 e. The van der Waals surface area contributed by atoms with Gasteiger partial charge in [-0.1, -0.05) is 0 Å². The number of aromatic amines is 1. The van der Waals surface area contributed by atoms with Crippen molar-refractivity contribution in [1.82, 2.24) is 24.8 Å². The number of carbonyl (C=O) groups excluding carboxylic acids is 1. The molecule has 5 rings (SSSR count). The van der Waals surface area contributed by atoms with Gasteiger partial charge in [0.1, 0.15) is 17.7 Å². The highest BCUT2D eigenvalue weighted by atomic mass is 19.1. The van der Waals surface area contributed by atoms with Crippen LogP contribution in [0.4, 0.5) is 22.0 Å². The van der Waals surface area contributed by atoms with E-state index < -0.39 is 18.2 Å². The van der Waals surface area contributed by atoms with Crippen LogP contribution in [-0.2, 0) is 9.53 Å². The molecule has 1 saturated carbocycles. The zero-order valence-corrected chi connectivity index (χ0v) is 15.3. The highest BCUT2D eigenvalue weighted by Gasteiger charge is 2.39. The number of halogens is 1. The maximum absolute atomic E-state index is 14.1. The minimum Gasteiger partial charge on any atom is -0.467 e. The molecule has 3 aromatic heterocycles. The fourth-order valence-electron chi connectivity index (χ4n) is 3.63. The molecular weight excluding hydrogens is 365 g/mol. The highest BCUT2D eigenvalue weighted by Crippen LogP contribution is 2.39. The van der Waals surface area contributed by atoms with Gasteiger partial charge in [0.15, 0.2) is 11.6 Å². The second kappa shape index (κ2) is 6.47. The molecule has 4 heterocycles. The van der Waals surface area contributed by atoms with Crippen LogP contribution in [0.15, 0.2) is 24.4 Å². The monoisotopic (exact) mass is 385 g/mol. The third kappa shape index (κ3) is 2.94. The van der Waals surface area contributed by atoms with E-state index >= 15 is 0 Å². The predicted octanol–water partition coefficient (Wildman–Crippen LogP) is 2.16. The first-order valence-corrected chi connectivity index (χ1v) is 9.28. The first kappa shape index (κ1) is 17.0. The Labute approximate surface area is 159 Å². The molecule has 2 aliphatic rings. The summed E-state index contributed by atoms with van der Waals surface area (Å²) >= 11 is 0. The van der Waals surface area contributed by atoms with Crippen molar-refractivity contribution in [3.63, 3.8) is 0 Å². The molecule has 9 nitrogen and oxygen atoms in total. The summed E-state index contributed by atoms with van der Waals surface area (Å²) in [7, 11) is 1.30. The van der Waals surface area contributed by atoms with E-state index in [0.29, 0.717) is 17.6 Å². The maximum Gasteiger partial charge on any atom is 0.328 e. The Morgan fingerprint density at radius 1 is 1.43 bits per heavy atom. The molecule has 3 aromatic rings. The second-order valence-electron chi connectivity index (χ2n) is 7.23. The highest BCUT2D eigenvalue weighted by molar-refractivity contribution is 5.81. The van der Waals surface area contributed by atoms with Crippen molar-refractivity contribution in [3.05, 3.63) is 30.1 Å². The number of rotatable bonds is 5. The van der Waals surface area contributed by atoms with E-state index in [2.05, 4.69) is 25.6 Å². The summed E-state index contributed by atoms with van der Waals surface area (Å²) in [6, 6.07) is 4.95. The van der Waals surface area contributed by atoms with E-state index in [1.807, 2.05) is 18.2 Å². The summed E-state index contributed by atoms with van der Waals surface area (Å²) in [6.07, 6.45) is 3.05. The molecular formula is C18H20FN7O2. The summed E-state index contributed by atoms with van der Waals surface area (Å²) < 4.78 is 20.5. The molecule has 0 amide bonds. The molecule has 1 aliphatic carbocycles. The van der Waals surface area contributed by atoms with Crippen molar-refractivity contribution in [3.8, 4) is 0 Å². The summed E-state index contributed by atoms with van der Waals surface area (Å²) in [5.74, 6) is 1.52. The van der Waals surface area contributed by atoms with Gasteiger partial charge in [-0.25, -0.2) is 13.7 Å². The number of hydrogen-bond acceptors (Lipinski definition) is 7. The van der Waals surface area contributed by atoms with E-state index in [9.17, 15) is 9.18 Å². The molecule has 1 aliphatic heterocycles. The molecule has 0 bridgehead atoms. The Morgan fingerprint density at radius 3 is 3.07 bits per heavy atom. The van der Waals surface area contributed by atoms with E-state index in [0.717, 1.165) is 11.2 Å². The van der Waals surface area contributed by atoms with Crippen LogP contribution in [-0.4, -0.2) is 56.6 Å². The lowest BCUT2D eigenvalue weighted by molar-refractivity contribution is -0.142. The van der Waals surface area contributed by atoms with Gasteiger partial charge in [0.2, 0.25) is 5.95 Å². The molecule has 2 atom stereocenters. The van der Waals surface area contributed by atoms with E-state index in [1.165, 1.54) is 20.0 Å². The third-order valence-corrected chi connectivity index (χ3v) is 5.22. The van der Waals surface area contributed by atoms with Crippen molar-refractivity contribution >= 4 is 29.1 Å². The van der Waals surface area contributed by atoms with Gasteiger partial charge in [0.05, 0.1) is 13.7 Å². The van der Waals surface area contributed by atoms with Gasteiger partial charge < -0.3 is 15.0 Å². The van der Waals surface area contributed by atoms with Crippen LogP contribution in [0, 0.1) is 0 Å². The molecule has 10 heteroatoms. The zero-order valence-electron chi connectivity index (χ0n) is 15.3. The lowest BCUT2D eigenvalue weighted by Gasteiger charge is -2.22. The SMILES string of the molecule is COC(=O)[C@@H]1C[C@H](F)CN1c1nc(Nc2cc(C3CC3)[nH]n2)c2cccn2n1. The third-order valence-electron chi connectivity index (χ3n) is 5.22. The Balaban J connectivity index is 1.50. The van der Waals surface area contributed by atoms with Gasteiger partial charge in [-0.05, 0) is 25.0 Å². The van der Waals surface area contributed by atoms with Crippen molar-refractivity contribution in [2.75, 3.05) is 23.9 Å². The zero-order chi connectivity index (χ0) is 19.3. The molecule has 2 N–H and O–H groups in total. The fourth-order valence-corrected chi connectivity index (χ4v) is 3.63. The molecule has 2 fully saturated rings. The molecule has 1 saturated heterocycles. The van der Waals surface area contributed by atoms with Gasteiger partial charge in [-0.3, -0.25) is 5.10 Å². The van der Waals surface area contributed by atoms with Crippen LogP contribution in [0.1, 0.15) is 30.9 Å². The first-order chi connectivity index (χ1) is 13.6. The average molecular weight is 385 g/mol. The van der Waals surface area contributed by atoms with Crippen molar-refractivity contribution in [1.29, 1.82) is 0 Å². The van der Waals surface area contributed by atoms with Crippen LogP contribution in [0.3, 0.4) is 0 Å². The van der Waals surface area contributed by atoms with Crippen LogP contribution < -0.4 is 10.2 Å². The number of ether oxygens (including phenoxy) is 1. The smallest absolute Gasteiger partial charge is 0.328 e. The molecule has 0 spiro atoms. The van der Waals surface area contributed by atoms with Crippen LogP contribution in [0.5, 0.6) is 0 Å². The number of hydrogen-bond donors (Lipinski definition) is 2. The number of H-pyrrole nitrogens is 1. The predicted molar refractivity (Wildman–Crippen MR) is 99.5 cm³/mol. The molecule has 0 radical (unpaired) electrons. The quantitative estimate of drug-likeness (QED) is 0.649. The number of methoxy groups -OCH3 is 1. The van der Waals surface area contributed by atoms with Crippen LogP contribution in [0.2, 0.25) is 0 Å². The Bertz CT molecular complexity index is 1030. The fraction of sp³-hybridized carbons (Fsp3) is 0.444. The van der Waals surface area contributed by atoms with Crippen molar-refractivity contribution in [2.45, 2.75) is 37.4 Å². The summed E-state index contributed by atoms with van der Waals surface area (Å²) in [5, 5.41) is 15.0. The van der Waals surface area contributed by atoms with Gasteiger partial charge in [0.25, 0.3) is 0 Å². The second-order valence-corrected chi connectivity index (χ2v) is 7.23. The van der Waals surface area contributed by atoms with E-state index in [1.54, 1.807) is 15.6 Å². The average Bonchev–Trinajstić information content (AvgIpc) is 3.07. The van der Waals surface area contributed by atoms with Gasteiger partial charge in [-0.2, -0.15) is 10.1 Å². The number of aromatic nitrogens is 5. The number of esters is 1. The minimum atomic E-state index is -1.14. The first-order valence-electron chi connectivity index (χ1n) is 9.28. The van der Waals surface area contributed by atoms with Crippen molar-refractivity contribution in [2.24, 2.45) is 0 Å².